The van der Waals surface area contributed by atoms with E-state index in [2.05, 4.69) is 51.9 Å². The number of hydrogen-bond acceptors (Lipinski definition) is 2. The van der Waals surface area contributed by atoms with E-state index in [1.54, 1.807) is 0 Å². The minimum absolute atomic E-state index is 0.723. The maximum atomic E-state index is 3.83. The molecule has 0 radical (unpaired) electrons. The van der Waals surface area contributed by atoms with E-state index in [0.29, 0.717) is 0 Å². The zero-order valence-corrected chi connectivity index (χ0v) is 15.5. The van der Waals surface area contributed by atoms with Crippen molar-refractivity contribution in [3.8, 4) is 0 Å². The Morgan fingerprint density at radius 1 is 1.10 bits per heavy atom. The van der Waals surface area contributed by atoms with Gasteiger partial charge in [-0.1, -0.05) is 34.1 Å². The normalized spacial score (nSPS) is 28.3. The SMILES string of the molecule is CCCNC1CCC(C(C)C)CC1CN(C)C(C)CCC. The van der Waals surface area contributed by atoms with E-state index in [-0.39, 0.29) is 0 Å². The summed E-state index contributed by atoms with van der Waals surface area (Å²) in [6, 6.07) is 1.47. The van der Waals surface area contributed by atoms with Crippen molar-refractivity contribution in [2.24, 2.45) is 17.8 Å². The van der Waals surface area contributed by atoms with Gasteiger partial charge in [-0.2, -0.15) is 0 Å². The predicted molar refractivity (Wildman–Crippen MR) is 94.8 cm³/mol. The molecule has 1 aliphatic rings. The second kappa shape index (κ2) is 9.84. The van der Waals surface area contributed by atoms with E-state index in [4.69, 9.17) is 0 Å². The Bertz CT molecular complexity index is 264. The summed E-state index contributed by atoms with van der Waals surface area (Å²) in [6.07, 6.45) is 8.08. The van der Waals surface area contributed by atoms with Crippen LogP contribution in [0.2, 0.25) is 0 Å². The van der Waals surface area contributed by atoms with Crippen LogP contribution in [0.15, 0.2) is 0 Å². The number of rotatable bonds is 9. The Kier molecular flexibility index (Phi) is 8.89. The summed E-state index contributed by atoms with van der Waals surface area (Å²) in [4.78, 5) is 2.61. The van der Waals surface area contributed by atoms with Crippen LogP contribution < -0.4 is 5.32 Å². The van der Waals surface area contributed by atoms with Crippen molar-refractivity contribution in [3.05, 3.63) is 0 Å². The molecule has 0 amide bonds. The van der Waals surface area contributed by atoms with E-state index in [1.165, 1.54) is 51.6 Å². The summed E-state index contributed by atoms with van der Waals surface area (Å²) in [5, 5.41) is 3.83. The third-order valence-corrected chi connectivity index (χ3v) is 5.60. The van der Waals surface area contributed by atoms with Gasteiger partial charge in [-0.15, -0.1) is 0 Å². The van der Waals surface area contributed by atoms with Gasteiger partial charge < -0.3 is 10.2 Å². The van der Waals surface area contributed by atoms with Crippen molar-refractivity contribution in [1.29, 1.82) is 0 Å². The number of nitrogens with one attached hydrogen (secondary N) is 1. The molecule has 0 heterocycles. The minimum atomic E-state index is 0.723. The van der Waals surface area contributed by atoms with Gasteiger partial charge in [0, 0.05) is 18.6 Å². The highest BCUT2D eigenvalue weighted by molar-refractivity contribution is 4.87. The van der Waals surface area contributed by atoms with Crippen LogP contribution >= 0.6 is 0 Å². The summed E-state index contributed by atoms with van der Waals surface area (Å²) in [5.74, 6) is 2.62. The zero-order chi connectivity index (χ0) is 15.8. The molecule has 4 atom stereocenters. The van der Waals surface area contributed by atoms with Gasteiger partial charge >= 0.3 is 0 Å². The summed E-state index contributed by atoms with van der Waals surface area (Å²) < 4.78 is 0. The lowest BCUT2D eigenvalue weighted by atomic mass is 9.73. The van der Waals surface area contributed by atoms with Crippen LogP contribution in [0.4, 0.5) is 0 Å². The first kappa shape index (κ1) is 19.0. The first-order valence-electron chi connectivity index (χ1n) is 9.43. The Morgan fingerprint density at radius 3 is 2.38 bits per heavy atom. The lowest BCUT2D eigenvalue weighted by molar-refractivity contribution is 0.115. The molecule has 1 aliphatic carbocycles. The molecule has 4 unspecified atom stereocenters. The topological polar surface area (TPSA) is 15.3 Å². The highest BCUT2D eigenvalue weighted by Crippen LogP contribution is 2.34. The molecule has 1 N–H and O–H groups in total. The van der Waals surface area contributed by atoms with Gasteiger partial charge in [0.05, 0.1) is 0 Å². The van der Waals surface area contributed by atoms with Gasteiger partial charge in [0.25, 0.3) is 0 Å². The smallest absolute Gasteiger partial charge is 0.0108 e. The molecule has 1 fully saturated rings. The van der Waals surface area contributed by atoms with Crippen molar-refractivity contribution < 1.29 is 0 Å². The second-order valence-corrected chi connectivity index (χ2v) is 7.72. The standard InChI is InChI=1S/C19H40N2/c1-7-9-16(5)21(6)14-18-13-17(15(3)4)10-11-19(18)20-12-8-2/h15-20H,7-14H2,1-6H3. The minimum Gasteiger partial charge on any atom is -0.314 e. The molecular weight excluding hydrogens is 256 g/mol. The van der Waals surface area contributed by atoms with E-state index < -0.39 is 0 Å². The predicted octanol–water partition coefficient (Wildman–Crippen LogP) is 4.55. The monoisotopic (exact) mass is 296 g/mol. The molecule has 1 saturated carbocycles. The average molecular weight is 297 g/mol. The summed E-state index contributed by atoms with van der Waals surface area (Å²) in [5.41, 5.74) is 0. The lowest BCUT2D eigenvalue weighted by Gasteiger charge is -2.41. The highest BCUT2D eigenvalue weighted by Gasteiger charge is 2.32. The second-order valence-electron chi connectivity index (χ2n) is 7.72. The third kappa shape index (κ3) is 6.28. The van der Waals surface area contributed by atoms with Crippen LogP contribution in [0.3, 0.4) is 0 Å². The van der Waals surface area contributed by atoms with Crippen LogP contribution in [-0.4, -0.2) is 37.1 Å². The van der Waals surface area contributed by atoms with Crippen LogP contribution in [-0.2, 0) is 0 Å². The molecular formula is C19H40N2. The van der Waals surface area contributed by atoms with Crippen molar-refractivity contribution in [1.82, 2.24) is 10.2 Å². The molecule has 0 aromatic carbocycles. The molecule has 21 heavy (non-hydrogen) atoms. The van der Waals surface area contributed by atoms with Gasteiger partial charge in [-0.05, 0) is 70.4 Å². The molecule has 0 saturated heterocycles. The number of hydrogen-bond donors (Lipinski definition) is 1. The molecule has 2 nitrogen and oxygen atoms in total. The van der Waals surface area contributed by atoms with Crippen LogP contribution in [0.1, 0.15) is 73.1 Å². The molecule has 126 valence electrons. The fourth-order valence-electron chi connectivity index (χ4n) is 3.89. The largest absolute Gasteiger partial charge is 0.314 e. The van der Waals surface area contributed by atoms with Crippen molar-refractivity contribution >= 4 is 0 Å². The summed E-state index contributed by atoms with van der Waals surface area (Å²) in [7, 11) is 2.33. The molecule has 0 aromatic rings. The third-order valence-electron chi connectivity index (χ3n) is 5.60. The van der Waals surface area contributed by atoms with E-state index >= 15 is 0 Å². The van der Waals surface area contributed by atoms with E-state index in [0.717, 1.165) is 29.8 Å². The Balaban J connectivity index is 2.60. The first-order valence-corrected chi connectivity index (χ1v) is 9.43. The van der Waals surface area contributed by atoms with Crippen LogP contribution in [0.25, 0.3) is 0 Å². The molecule has 0 aromatic heterocycles. The van der Waals surface area contributed by atoms with Crippen LogP contribution in [0.5, 0.6) is 0 Å². The van der Waals surface area contributed by atoms with E-state index in [9.17, 15) is 0 Å². The molecule has 1 rings (SSSR count). The molecule has 2 heteroatoms. The summed E-state index contributed by atoms with van der Waals surface area (Å²) >= 11 is 0. The first-order chi connectivity index (χ1) is 9.99. The average Bonchev–Trinajstić information content (AvgIpc) is 2.45. The fraction of sp³-hybridized carbons (Fsp3) is 1.00. The summed E-state index contributed by atoms with van der Waals surface area (Å²) in [6.45, 7) is 14.2. The number of nitrogens with zero attached hydrogens (tertiary/aromatic N) is 1. The van der Waals surface area contributed by atoms with Gasteiger partial charge in [0.15, 0.2) is 0 Å². The van der Waals surface area contributed by atoms with Crippen molar-refractivity contribution in [3.63, 3.8) is 0 Å². The van der Waals surface area contributed by atoms with Crippen molar-refractivity contribution in [2.45, 2.75) is 85.2 Å². The quantitative estimate of drug-likeness (QED) is 0.671. The molecule has 0 bridgehead atoms. The zero-order valence-electron chi connectivity index (χ0n) is 15.5. The van der Waals surface area contributed by atoms with Gasteiger partial charge in [-0.25, -0.2) is 0 Å². The van der Waals surface area contributed by atoms with Gasteiger partial charge in [0.1, 0.15) is 0 Å². The van der Waals surface area contributed by atoms with Gasteiger partial charge in [-0.3, -0.25) is 0 Å². The maximum Gasteiger partial charge on any atom is 0.0108 e. The van der Waals surface area contributed by atoms with E-state index in [1.807, 2.05) is 0 Å². The van der Waals surface area contributed by atoms with Crippen molar-refractivity contribution in [2.75, 3.05) is 20.1 Å². The highest BCUT2D eigenvalue weighted by atomic mass is 15.1. The Labute approximate surface area is 134 Å². The van der Waals surface area contributed by atoms with Gasteiger partial charge in [0.2, 0.25) is 0 Å². The Morgan fingerprint density at radius 2 is 1.81 bits per heavy atom. The molecule has 0 aliphatic heterocycles. The lowest BCUT2D eigenvalue weighted by Crippen LogP contribution is -2.47. The fourth-order valence-corrected chi connectivity index (χ4v) is 3.89. The Hall–Kier alpha value is -0.0800. The van der Waals surface area contributed by atoms with Crippen LogP contribution in [0, 0.1) is 17.8 Å². The maximum absolute atomic E-state index is 3.83. The molecule has 0 spiro atoms.